The van der Waals surface area contributed by atoms with Crippen molar-refractivity contribution in [3.05, 3.63) is 59.4 Å². The van der Waals surface area contributed by atoms with Gasteiger partial charge in [-0.25, -0.2) is 9.97 Å². The Kier molecular flexibility index (Phi) is 8.11. The van der Waals surface area contributed by atoms with Gasteiger partial charge in [-0.15, -0.1) is 0 Å². The molecule has 0 bridgehead atoms. The number of amides is 1. The first-order valence-corrected chi connectivity index (χ1v) is 13.3. The Hall–Kier alpha value is -3.81. The molecule has 3 aromatic rings. The van der Waals surface area contributed by atoms with E-state index in [-0.39, 0.29) is 49.4 Å². The zero-order valence-electron chi connectivity index (χ0n) is 21.9. The highest BCUT2D eigenvalue weighted by atomic mass is 19.4. The van der Waals surface area contributed by atoms with E-state index in [0.29, 0.717) is 18.1 Å². The molecule has 1 amide bonds. The summed E-state index contributed by atoms with van der Waals surface area (Å²) >= 11 is 0. The zero-order valence-corrected chi connectivity index (χ0v) is 21.9. The summed E-state index contributed by atoms with van der Waals surface area (Å²) in [5.74, 6) is -0.300. The zero-order chi connectivity index (χ0) is 29.2. The van der Waals surface area contributed by atoms with Gasteiger partial charge < -0.3 is 25.4 Å². The quantitative estimate of drug-likeness (QED) is 0.366. The van der Waals surface area contributed by atoms with Crippen molar-refractivity contribution in [3.8, 4) is 11.3 Å². The van der Waals surface area contributed by atoms with Crippen LogP contribution in [0.3, 0.4) is 0 Å². The average Bonchev–Trinajstić information content (AvgIpc) is 3.41. The van der Waals surface area contributed by atoms with Crippen molar-refractivity contribution in [2.45, 2.75) is 37.7 Å². The van der Waals surface area contributed by atoms with Crippen molar-refractivity contribution in [2.75, 3.05) is 49.1 Å². The molecule has 14 heteroatoms. The van der Waals surface area contributed by atoms with Crippen molar-refractivity contribution < 1.29 is 31.1 Å². The van der Waals surface area contributed by atoms with E-state index in [4.69, 9.17) is 0 Å². The third kappa shape index (κ3) is 6.58. The number of anilines is 2. The highest BCUT2D eigenvalue weighted by Gasteiger charge is 2.36. The number of piperazine rings is 1. The number of carbonyl (C=O) groups is 1. The number of alkyl halides is 6. The first-order chi connectivity index (χ1) is 19.5. The number of imidazole rings is 1. The number of piperidine rings is 1. The SMILES string of the molecule is O=C(NCC1CCCCN1)c1[nH]c(N2CCN(c3ncccc3C(F)(F)F)CC2)nc1-c1ccc(C(F)(F)F)cc1. The largest absolute Gasteiger partial charge is 0.419 e. The van der Waals surface area contributed by atoms with Crippen molar-refractivity contribution in [2.24, 2.45) is 0 Å². The molecule has 2 fully saturated rings. The van der Waals surface area contributed by atoms with Crippen molar-refractivity contribution in [1.82, 2.24) is 25.6 Å². The van der Waals surface area contributed by atoms with E-state index in [2.05, 4.69) is 25.6 Å². The third-order valence-corrected chi connectivity index (χ3v) is 7.30. The predicted molar refractivity (Wildman–Crippen MR) is 141 cm³/mol. The van der Waals surface area contributed by atoms with Gasteiger partial charge in [0.2, 0.25) is 5.95 Å². The number of carbonyl (C=O) groups excluding carboxylic acids is 1. The van der Waals surface area contributed by atoms with Crippen LogP contribution >= 0.6 is 0 Å². The van der Waals surface area contributed by atoms with Gasteiger partial charge in [-0.2, -0.15) is 26.3 Å². The van der Waals surface area contributed by atoms with Crippen LogP contribution in [-0.2, 0) is 12.4 Å². The second-order valence-electron chi connectivity index (χ2n) is 10.1. The highest BCUT2D eigenvalue weighted by Crippen LogP contribution is 2.36. The molecule has 0 aliphatic carbocycles. The molecule has 1 unspecified atom stereocenters. The number of halogens is 6. The van der Waals surface area contributed by atoms with Gasteiger partial charge in [0, 0.05) is 50.5 Å². The molecule has 0 saturated carbocycles. The molecule has 1 aromatic carbocycles. The Morgan fingerprint density at radius 1 is 0.951 bits per heavy atom. The summed E-state index contributed by atoms with van der Waals surface area (Å²) in [5.41, 5.74) is -1.03. The maximum Gasteiger partial charge on any atom is 0.419 e. The second kappa shape index (κ2) is 11.6. The maximum atomic E-state index is 13.5. The number of aromatic nitrogens is 3. The minimum atomic E-state index is -4.55. The number of nitrogens with zero attached hydrogens (tertiary/aromatic N) is 4. The van der Waals surface area contributed by atoms with Crippen molar-refractivity contribution in [1.29, 1.82) is 0 Å². The molecule has 1 atom stereocenters. The Labute approximate surface area is 232 Å². The number of nitrogens with one attached hydrogen (secondary N) is 3. The minimum absolute atomic E-state index is 0.0991. The van der Waals surface area contributed by atoms with Gasteiger partial charge in [0.1, 0.15) is 17.2 Å². The van der Waals surface area contributed by atoms with Crippen LogP contribution in [0.25, 0.3) is 11.3 Å². The monoisotopic (exact) mass is 581 g/mol. The highest BCUT2D eigenvalue weighted by molar-refractivity contribution is 5.99. The van der Waals surface area contributed by atoms with Crippen LogP contribution in [0.4, 0.5) is 38.1 Å². The molecule has 0 radical (unpaired) electrons. The summed E-state index contributed by atoms with van der Waals surface area (Å²) < 4.78 is 79.9. The summed E-state index contributed by atoms with van der Waals surface area (Å²) in [7, 11) is 0. The Balaban J connectivity index is 1.37. The molecule has 41 heavy (non-hydrogen) atoms. The minimum Gasteiger partial charge on any atom is -0.353 e. The van der Waals surface area contributed by atoms with E-state index in [9.17, 15) is 31.1 Å². The van der Waals surface area contributed by atoms with Crippen LogP contribution in [-0.4, -0.2) is 66.2 Å². The summed E-state index contributed by atoms with van der Waals surface area (Å²) in [5, 5.41) is 6.23. The average molecular weight is 582 g/mol. The lowest BCUT2D eigenvalue weighted by Crippen LogP contribution is -2.47. The molecule has 220 valence electrons. The van der Waals surface area contributed by atoms with E-state index < -0.39 is 29.4 Å². The smallest absolute Gasteiger partial charge is 0.353 e. The van der Waals surface area contributed by atoms with Gasteiger partial charge in [0.05, 0.1) is 11.1 Å². The first-order valence-electron chi connectivity index (χ1n) is 13.3. The standard InChI is InChI=1S/C27H29F6N7O/c28-26(29,30)18-8-6-17(7-9-18)21-22(24(41)36-16-19-4-1-2-10-34-19)38-25(37-21)40-14-12-39(13-15-40)23-20(27(31,32)33)5-3-11-35-23/h3,5-9,11,19,34H,1-2,4,10,12-16H2,(H,36,41)(H,37,38). The van der Waals surface area contributed by atoms with Gasteiger partial charge in [0.25, 0.3) is 5.91 Å². The van der Waals surface area contributed by atoms with Crippen LogP contribution in [0.5, 0.6) is 0 Å². The summed E-state index contributed by atoms with van der Waals surface area (Å²) in [6.07, 6.45) is -4.72. The molecule has 4 heterocycles. The molecule has 2 aliphatic rings. The molecule has 2 aromatic heterocycles. The van der Waals surface area contributed by atoms with E-state index >= 15 is 0 Å². The van der Waals surface area contributed by atoms with Crippen molar-refractivity contribution in [3.63, 3.8) is 0 Å². The van der Waals surface area contributed by atoms with E-state index in [1.54, 1.807) is 9.80 Å². The van der Waals surface area contributed by atoms with Gasteiger partial charge >= 0.3 is 12.4 Å². The Morgan fingerprint density at radius 3 is 2.29 bits per heavy atom. The lowest BCUT2D eigenvalue weighted by molar-refractivity contribution is -0.138. The van der Waals surface area contributed by atoms with E-state index in [0.717, 1.165) is 44.0 Å². The van der Waals surface area contributed by atoms with E-state index in [1.165, 1.54) is 24.4 Å². The van der Waals surface area contributed by atoms with Crippen LogP contribution in [0.15, 0.2) is 42.6 Å². The van der Waals surface area contributed by atoms with Gasteiger partial charge in [0.15, 0.2) is 0 Å². The topological polar surface area (TPSA) is 89.2 Å². The fraction of sp³-hybridized carbons (Fsp3) is 0.444. The van der Waals surface area contributed by atoms with Crippen LogP contribution in [0.1, 0.15) is 40.9 Å². The van der Waals surface area contributed by atoms with Gasteiger partial charge in [-0.1, -0.05) is 18.6 Å². The molecule has 3 N–H and O–H groups in total. The van der Waals surface area contributed by atoms with Gasteiger partial charge in [-0.3, -0.25) is 4.79 Å². The molecule has 2 aliphatic heterocycles. The third-order valence-electron chi connectivity index (χ3n) is 7.30. The molecule has 5 rings (SSSR count). The number of aromatic amines is 1. The Bertz CT molecular complexity index is 1340. The van der Waals surface area contributed by atoms with Crippen LogP contribution < -0.4 is 20.4 Å². The maximum absolute atomic E-state index is 13.5. The van der Waals surface area contributed by atoms with E-state index in [1.807, 2.05) is 0 Å². The fourth-order valence-corrected chi connectivity index (χ4v) is 5.10. The number of hydrogen-bond donors (Lipinski definition) is 3. The Morgan fingerprint density at radius 2 is 1.66 bits per heavy atom. The molecular formula is C27H29F6N7O. The molecule has 2 saturated heterocycles. The summed E-state index contributed by atoms with van der Waals surface area (Å²) in [6.45, 7) is 2.22. The number of H-pyrrole nitrogens is 1. The number of hydrogen-bond acceptors (Lipinski definition) is 6. The lowest BCUT2D eigenvalue weighted by atomic mass is 10.0. The van der Waals surface area contributed by atoms with Gasteiger partial charge in [-0.05, 0) is 43.7 Å². The molecule has 0 spiro atoms. The normalized spacial score (nSPS) is 18.4. The summed E-state index contributed by atoms with van der Waals surface area (Å²) in [6, 6.07) is 6.74. The lowest BCUT2D eigenvalue weighted by Gasteiger charge is -2.36. The number of benzene rings is 1. The first kappa shape index (κ1) is 28.7. The number of rotatable bonds is 6. The number of pyridine rings is 1. The summed E-state index contributed by atoms with van der Waals surface area (Å²) in [4.78, 5) is 28.1. The second-order valence-corrected chi connectivity index (χ2v) is 10.1. The van der Waals surface area contributed by atoms with Crippen LogP contribution in [0, 0.1) is 0 Å². The predicted octanol–water partition coefficient (Wildman–Crippen LogP) is 4.71. The van der Waals surface area contributed by atoms with Crippen LogP contribution in [0.2, 0.25) is 0 Å². The fourth-order valence-electron chi connectivity index (χ4n) is 5.10. The molecular weight excluding hydrogens is 552 g/mol. The van der Waals surface area contributed by atoms with Crippen molar-refractivity contribution >= 4 is 17.7 Å². The molecule has 8 nitrogen and oxygen atoms in total.